The number of alkyl halides is 3. The van der Waals surface area contributed by atoms with Gasteiger partial charge in [-0.2, -0.15) is 13.2 Å². The zero-order chi connectivity index (χ0) is 18.6. The van der Waals surface area contributed by atoms with E-state index in [2.05, 4.69) is 4.98 Å². The van der Waals surface area contributed by atoms with Gasteiger partial charge in [0.1, 0.15) is 12.4 Å². The van der Waals surface area contributed by atoms with Crippen molar-refractivity contribution in [2.75, 3.05) is 31.1 Å². The topological polar surface area (TPSA) is 99.8 Å². The summed E-state index contributed by atoms with van der Waals surface area (Å²) in [6.45, 7) is 0.947. The van der Waals surface area contributed by atoms with Crippen molar-refractivity contribution >= 4 is 17.8 Å². The molecule has 0 aliphatic carbocycles. The quantitative estimate of drug-likeness (QED) is 0.834. The average Bonchev–Trinajstić information content (AvgIpc) is 2.54. The number of nitrogens with zero attached hydrogens (tertiary/aromatic N) is 3. The van der Waals surface area contributed by atoms with Gasteiger partial charge in [-0.15, -0.1) is 0 Å². The molecule has 7 nitrogen and oxygen atoms in total. The van der Waals surface area contributed by atoms with Gasteiger partial charge in [-0.05, 0) is 30.9 Å². The van der Waals surface area contributed by atoms with Gasteiger partial charge in [-0.1, -0.05) is 0 Å². The van der Waals surface area contributed by atoms with Gasteiger partial charge in [0, 0.05) is 25.8 Å². The number of carbonyl (C=O) groups excluding carboxylic acids is 1. The lowest BCUT2D eigenvalue weighted by molar-refractivity contribution is -0.137. The van der Waals surface area contributed by atoms with E-state index in [9.17, 15) is 22.8 Å². The van der Waals surface area contributed by atoms with Crippen LogP contribution in [0, 0.1) is 5.92 Å². The van der Waals surface area contributed by atoms with Gasteiger partial charge in [0.25, 0.3) is 0 Å². The minimum atomic E-state index is -4.42. The molecule has 2 heterocycles. The highest BCUT2D eigenvalue weighted by Gasteiger charge is 2.31. The fraction of sp³-hybridized carbons (Fsp3) is 0.533. The van der Waals surface area contributed by atoms with Crippen LogP contribution in [-0.2, 0) is 11.0 Å². The van der Waals surface area contributed by atoms with E-state index in [-0.39, 0.29) is 19.0 Å². The molecule has 1 fully saturated rings. The molecule has 1 aliphatic rings. The van der Waals surface area contributed by atoms with Crippen LogP contribution in [0.3, 0.4) is 0 Å². The zero-order valence-electron chi connectivity index (χ0n) is 13.4. The molecule has 0 unspecified atom stereocenters. The van der Waals surface area contributed by atoms with E-state index < -0.39 is 23.7 Å². The number of anilines is 1. The first-order valence-electron chi connectivity index (χ1n) is 7.71. The number of carbonyl (C=O) groups is 2. The van der Waals surface area contributed by atoms with Crippen LogP contribution in [0.4, 0.5) is 23.8 Å². The van der Waals surface area contributed by atoms with E-state index >= 15 is 0 Å². The number of aromatic nitrogens is 1. The molecule has 1 aromatic heterocycles. The molecular formula is C15H19F3N4O3. The van der Waals surface area contributed by atoms with Crippen molar-refractivity contribution in [1.29, 1.82) is 0 Å². The van der Waals surface area contributed by atoms with Crippen LogP contribution in [0.2, 0.25) is 0 Å². The lowest BCUT2D eigenvalue weighted by atomic mass is 9.96. The van der Waals surface area contributed by atoms with Crippen molar-refractivity contribution in [2.45, 2.75) is 19.0 Å². The lowest BCUT2D eigenvalue weighted by Crippen LogP contribution is -2.43. The summed E-state index contributed by atoms with van der Waals surface area (Å²) in [6.07, 6.45) is -3.53. The zero-order valence-corrected chi connectivity index (χ0v) is 13.4. The first-order chi connectivity index (χ1) is 11.7. The van der Waals surface area contributed by atoms with Crippen molar-refractivity contribution in [3.05, 3.63) is 23.9 Å². The third-order valence-corrected chi connectivity index (χ3v) is 4.11. The number of hydrogen-bond donors (Lipinski definition) is 2. The van der Waals surface area contributed by atoms with Crippen LogP contribution < -0.4 is 10.6 Å². The molecule has 0 radical (unpaired) electrons. The van der Waals surface area contributed by atoms with Gasteiger partial charge in [-0.3, -0.25) is 9.69 Å². The number of nitrogens with two attached hydrogens (primary N) is 1. The minimum Gasteiger partial charge on any atom is -0.465 e. The predicted molar refractivity (Wildman–Crippen MR) is 83.0 cm³/mol. The number of hydrogen-bond acceptors (Lipinski definition) is 4. The normalized spacial score (nSPS) is 15.9. The Kier molecular flexibility index (Phi) is 5.70. The van der Waals surface area contributed by atoms with Gasteiger partial charge in [0.05, 0.1) is 5.56 Å². The van der Waals surface area contributed by atoms with Crippen LogP contribution in [0.5, 0.6) is 0 Å². The van der Waals surface area contributed by atoms with Gasteiger partial charge < -0.3 is 15.7 Å². The molecule has 1 saturated heterocycles. The summed E-state index contributed by atoms with van der Waals surface area (Å²) < 4.78 is 37.7. The van der Waals surface area contributed by atoms with E-state index in [1.54, 1.807) is 0 Å². The van der Waals surface area contributed by atoms with Crippen LogP contribution in [0.15, 0.2) is 18.3 Å². The van der Waals surface area contributed by atoms with Crippen LogP contribution in [0.25, 0.3) is 0 Å². The summed E-state index contributed by atoms with van der Waals surface area (Å²) in [5, 5.41) is 9.08. The minimum absolute atomic E-state index is 0.0566. The average molecular weight is 360 g/mol. The number of amides is 2. The molecule has 138 valence electrons. The summed E-state index contributed by atoms with van der Waals surface area (Å²) in [6, 6.07) is 2.33. The van der Waals surface area contributed by atoms with E-state index in [1.807, 2.05) is 4.90 Å². The molecule has 1 aromatic rings. The smallest absolute Gasteiger partial charge is 0.417 e. The van der Waals surface area contributed by atoms with Crippen molar-refractivity contribution in [3.63, 3.8) is 0 Å². The van der Waals surface area contributed by atoms with Crippen LogP contribution >= 0.6 is 0 Å². The standard InChI is InChI=1S/C15H19F3N4O3/c16-15(17,18)11-1-2-13(20-7-11)21-5-3-10(4-6-21)8-22(14(24)25)9-12(19)23/h1-2,7,10H,3-6,8-9H2,(H2,19,23)(H,24,25). The highest BCUT2D eigenvalue weighted by molar-refractivity contribution is 5.80. The molecule has 2 amide bonds. The number of pyridine rings is 1. The summed E-state index contributed by atoms with van der Waals surface area (Å²) >= 11 is 0. The summed E-state index contributed by atoms with van der Waals surface area (Å²) in [7, 11) is 0. The molecule has 25 heavy (non-hydrogen) atoms. The first kappa shape index (κ1) is 18.8. The van der Waals surface area contributed by atoms with Gasteiger partial charge >= 0.3 is 12.3 Å². The first-order valence-corrected chi connectivity index (χ1v) is 7.71. The predicted octanol–water partition coefficient (Wildman–Crippen LogP) is 1.78. The van der Waals surface area contributed by atoms with Gasteiger partial charge in [0.2, 0.25) is 5.91 Å². The van der Waals surface area contributed by atoms with E-state index in [4.69, 9.17) is 10.8 Å². The van der Waals surface area contributed by atoms with Crippen LogP contribution in [0.1, 0.15) is 18.4 Å². The van der Waals surface area contributed by atoms with E-state index in [1.165, 1.54) is 6.07 Å². The molecule has 0 bridgehead atoms. The highest BCUT2D eigenvalue weighted by Crippen LogP contribution is 2.30. The monoisotopic (exact) mass is 360 g/mol. The maximum Gasteiger partial charge on any atom is 0.417 e. The second-order valence-corrected chi connectivity index (χ2v) is 5.96. The molecule has 3 N–H and O–H groups in total. The summed E-state index contributed by atoms with van der Waals surface area (Å²) in [5.74, 6) is -0.200. The Hall–Kier alpha value is -2.52. The largest absolute Gasteiger partial charge is 0.465 e. The number of piperidine rings is 1. The van der Waals surface area contributed by atoms with E-state index in [0.717, 1.165) is 17.2 Å². The van der Waals surface area contributed by atoms with E-state index in [0.29, 0.717) is 31.7 Å². The molecule has 0 atom stereocenters. The Balaban J connectivity index is 1.90. The highest BCUT2D eigenvalue weighted by atomic mass is 19.4. The van der Waals surface area contributed by atoms with Crippen molar-refractivity contribution in [2.24, 2.45) is 11.7 Å². The third kappa shape index (κ3) is 5.23. The van der Waals surface area contributed by atoms with Gasteiger partial charge in [-0.25, -0.2) is 9.78 Å². The van der Waals surface area contributed by atoms with Crippen molar-refractivity contribution in [1.82, 2.24) is 9.88 Å². The third-order valence-electron chi connectivity index (χ3n) is 4.11. The molecular weight excluding hydrogens is 341 g/mol. The maximum absolute atomic E-state index is 12.6. The SMILES string of the molecule is NC(=O)CN(CC1CCN(c2ccc(C(F)(F)F)cn2)CC1)C(=O)O. The molecule has 0 saturated carbocycles. The second-order valence-electron chi connectivity index (χ2n) is 5.96. The van der Waals surface area contributed by atoms with Crippen molar-refractivity contribution in [3.8, 4) is 0 Å². The summed E-state index contributed by atoms with van der Waals surface area (Å²) in [5.41, 5.74) is 4.24. The fourth-order valence-electron chi connectivity index (χ4n) is 2.80. The fourth-order valence-corrected chi connectivity index (χ4v) is 2.80. The molecule has 0 aromatic carbocycles. The second kappa shape index (κ2) is 7.58. The number of halogens is 3. The van der Waals surface area contributed by atoms with Crippen LogP contribution in [-0.4, -0.2) is 53.2 Å². The maximum atomic E-state index is 12.6. The Morgan fingerprint density at radius 3 is 2.40 bits per heavy atom. The Bertz CT molecular complexity index is 613. The lowest BCUT2D eigenvalue weighted by Gasteiger charge is -2.34. The molecule has 1 aliphatic heterocycles. The molecule has 10 heteroatoms. The Morgan fingerprint density at radius 1 is 1.32 bits per heavy atom. The summed E-state index contributed by atoms with van der Waals surface area (Å²) in [4.78, 5) is 28.7. The Labute approximate surface area is 142 Å². The number of carboxylic acid groups (broad SMARTS) is 1. The van der Waals surface area contributed by atoms with Gasteiger partial charge in [0.15, 0.2) is 0 Å². The Morgan fingerprint density at radius 2 is 1.96 bits per heavy atom. The number of rotatable bonds is 5. The number of primary amides is 1. The molecule has 2 rings (SSSR count). The molecule has 0 spiro atoms. The van der Waals surface area contributed by atoms with Crippen molar-refractivity contribution < 1.29 is 27.9 Å².